The smallest absolute Gasteiger partial charge is 0.0126 e. The molecule has 1 N–H and O–H groups in total. The Hall–Kier alpha value is -0.340. The summed E-state index contributed by atoms with van der Waals surface area (Å²) < 4.78 is 0. The summed E-state index contributed by atoms with van der Waals surface area (Å²) in [6, 6.07) is 2.38. The highest BCUT2D eigenvalue weighted by molar-refractivity contribution is 7.12. The molecule has 0 aliphatic heterocycles. The van der Waals surface area contributed by atoms with Crippen LogP contribution in [0.15, 0.2) is 6.07 Å². The second-order valence-electron chi connectivity index (χ2n) is 4.43. The zero-order chi connectivity index (χ0) is 10.1. The molecule has 0 amide bonds. The van der Waals surface area contributed by atoms with Gasteiger partial charge in [0.2, 0.25) is 0 Å². The van der Waals surface area contributed by atoms with Gasteiger partial charge in [0.25, 0.3) is 0 Å². The zero-order valence-corrected chi connectivity index (χ0v) is 10.1. The van der Waals surface area contributed by atoms with Crippen LogP contribution >= 0.6 is 11.3 Å². The van der Waals surface area contributed by atoms with E-state index in [4.69, 9.17) is 0 Å². The summed E-state index contributed by atoms with van der Waals surface area (Å²) in [5, 5.41) is 3.32. The van der Waals surface area contributed by atoms with E-state index in [-0.39, 0.29) is 0 Å². The standard InChI is InChI=1S/C12H19NS/c1-8-4-5-10-6-9(2)14-12(10)11(8)7-13-3/h6,8,11,13H,4-5,7H2,1-3H3. The van der Waals surface area contributed by atoms with Crippen molar-refractivity contribution in [1.29, 1.82) is 0 Å². The SMILES string of the molecule is CNCC1c2sc(C)cc2CCC1C. The van der Waals surface area contributed by atoms with Crippen LogP contribution in [-0.4, -0.2) is 13.6 Å². The zero-order valence-electron chi connectivity index (χ0n) is 9.26. The number of hydrogen-bond acceptors (Lipinski definition) is 2. The Kier molecular flexibility index (Phi) is 2.93. The van der Waals surface area contributed by atoms with Gasteiger partial charge in [-0.05, 0) is 44.4 Å². The monoisotopic (exact) mass is 209 g/mol. The van der Waals surface area contributed by atoms with E-state index in [0.29, 0.717) is 0 Å². The van der Waals surface area contributed by atoms with Crippen LogP contribution in [0.1, 0.15) is 34.6 Å². The Morgan fingerprint density at radius 1 is 1.57 bits per heavy atom. The van der Waals surface area contributed by atoms with Gasteiger partial charge in [-0.1, -0.05) is 6.92 Å². The Bertz CT molecular complexity index is 316. The molecule has 0 fully saturated rings. The van der Waals surface area contributed by atoms with Crippen molar-refractivity contribution in [2.75, 3.05) is 13.6 Å². The molecule has 0 spiro atoms. The summed E-state index contributed by atoms with van der Waals surface area (Å²) in [7, 11) is 2.06. The van der Waals surface area contributed by atoms with Crippen LogP contribution in [0.2, 0.25) is 0 Å². The molecule has 1 nitrogen and oxygen atoms in total. The molecule has 1 aromatic heterocycles. The van der Waals surface area contributed by atoms with Crippen LogP contribution in [0.5, 0.6) is 0 Å². The molecule has 14 heavy (non-hydrogen) atoms. The van der Waals surface area contributed by atoms with Crippen LogP contribution in [0, 0.1) is 12.8 Å². The third-order valence-corrected chi connectivity index (χ3v) is 4.51. The minimum Gasteiger partial charge on any atom is -0.319 e. The summed E-state index contributed by atoms with van der Waals surface area (Å²) in [5.41, 5.74) is 1.62. The predicted molar refractivity (Wildman–Crippen MR) is 63.2 cm³/mol. The second kappa shape index (κ2) is 4.03. The molecule has 2 rings (SSSR count). The van der Waals surface area contributed by atoms with Crippen molar-refractivity contribution in [3.05, 3.63) is 21.4 Å². The molecule has 1 aromatic rings. The van der Waals surface area contributed by atoms with Crippen molar-refractivity contribution in [2.45, 2.75) is 32.6 Å². The first-order valence-electron chi connectivity index (χ1n) is 5.46. The molecule has 2 unspecified atom stereocenters. The number of aryl methyl sites for hydroxylation is 2. The first-order valence-corrected chi connectivity index (χ1v) is 6.28. The lowest BCUT2D eigenvalue weighted by Crippen LogP contribution is -2.25. The van der Waals surface area contributed by atoms with Crippen LogP contribution < -0.4 is 5.32 Å². The molecule has 1 aliphatic rings. The molecule has 78 valence electrons. The Morgan fingerprint density at radius 2 is 2.36 bits per heavy atom. The number of rotatable bonds is 2. The van der Waals surface area contributed by atoms with Gasteiger partial charge in [-0.15, -0.1) is 11.3 Å². The molecule has 2 heteroatoms. The quantitative estimate of drug-likeness (QED) is 0.789. The van der Waals surface area contributed by atoms with E-state index in [1.54, 1.807) is 10.4 Å². The average molecular weight is 209 g/mol. The fourth-order valence-corrected chi connectivity index (χ4v) is 3.76. The van der Waals surface area contributed by atoms with Crippen molar-refractivity contribution in [3.63, 3.8) is 0 Å². The first-order chi connectivity index (χ1) is 6.72. The van der Waals surface area contributed by atoms with Crippen molar-refractivity contribution in [1.82, 2.24) is 5.32 Å². The number of hydrogen-bond donors (Lipinski definition) is 1. The second-order valence-corrected chi connectivity index (χ2v) is 5.71. The number of thiophene rings is 1. The van der Waals surface area contributed by atoms with E-state index >= 15 is 0 Å². The van der Waals surface area contributed by atoms with Crippen LogP contribution in [-0.2, 0) is 6.42 Å². The van der Waals surface area contributed by atoms with E-state index < -0.39 is 0 Å². The highest BCUT2D eigenvalue weighted by Crippen LogP contribution is 2.40. The molecule has 2 atom stereocenters. The van der Waals surface area contributed by atoms with Gasteiger partial charge in [-0.2, -0.15) is 0 Å². The summed E-state index contributed by atoms with van der Waals surface area (Å²) in [5.74, 6) is 1.59. The summed E-state index contributed by atoms with van der Waals surface area (Å²) in [6.07, 6.45) is 2.65. The molecular formula is C12H19NS. The fourth-order valence-electron chi connectivity index (χ4n) is 2.45. The number of fused-ring (bicyclic) bond motifs is 1. The summed E-state index contributed by atoms with van der Waals surface area (Å²) >= 11 is 2.00. The maximum atomic E-state index is 3.32. The van der Waals surface area contributed by atoms with Gasteiger partial charge in [0.15, 0.2) is 0 Å². The highest BCUT2D eigenvalue weighted by Gasteiger charge is 2.27. The Labute approximate surface area is 90.5 Å². The summed E-state index contributed by atoms with van der Waals surface area (Å²) in [4.78, 5) is 3.13. The van der Waals surface area contributed by atoms with Gasteiger partial charge < -0.3 is 5.32 Å². The molecule has 1 heterocycles. The topological polar surface area (TPSA) is 12.0 Å². The van der Waals surface area contributed by atoms with Gasteiger partial charge >= 0.3 is 0 Å². The molecule has 0 aromatic carbocycles. The van der Waals surface area contributed by atoms with Crippen LogP contribution in [0.3, 0.4) is 0 Å². The maximum absolute atomic E-state index is 3.32. The van der Waals surface area contributed by atoms with E-state index in [1.165, 1.54) is 17.7 Å². The normalized spacial score (nSPS) is 26.2. The molecular weight excluding hydrogens is 190 g/mol. The van der Waals surface area contributed by atoms with Crippen LogP contribution in [0.25, 0.3) is 0 Å². The minimum atomic E-state index is 0.752. The largest absolute Gasteiger partial charge is 0.319 e. The lowest BCUT2D eigenvalue weighted by atomic mass is 9.81. The van der Waals surface area contributed by atoms with E-state index in [2.05, 4.69) is 32.3 Å². The van der Waals surface area contributed by atoms with Gasteiger partial charge in [0, 0.05) is 22.2 Å². The van der Waals surface area contributed by atoms with Crippen molar-refractivity contribution < 1.29 is 0 Å². The fraction of sp³-hybridized carbons (Fsp3) is 0.667. The molecule has 0 bridgehead atoms. The third kappa shape index (κ3) is 1.73. The van der Waals surface area contributed by atoms with Crippen molar-refractivity contribution in [3.8, 4) is 0 Å². The van der Waals surface area contributed by atoms with E-state index in [0.717, 1.165) is 18.4 Å². The Morgan fingerprint density at radius 3 is 3.07 bits per heavy atom. The van der Waals surface area contributed by atoms with E-state index in [1.807, 2.05) is 11.3 Å². The molecule has 0 radical (unpaired) electrons. The van der Waals surface area contributed by atoms with Crippen LogP contribution in [0.4, 0.5) is 0 Å². The highest BCUT2D eigenvalue weighted by atomic mass is 32.1. The van der Waals surface area contributed by atoms with Crippen molar-refractivity contribution >= 4 is 11.3 Å². The number of likely N-dealkylation sites (N-methyl/N-ethyl adjacent to an activating group) is 1. The van der Waals surface area contributed by atoms with Gasteiger partial charge in [0.1, 0.15) is 0 Å². The van der Waals surface area contributed by atoms with Gasteiger partial charge in [-0.3, -0.25) is 0 Å². The molecule has 0 saturated heterocycles. The number of nitrogens with one attached hydrogen (secondary N) is 1. The first kappa shape index (κ1) is 10.2. The lowest BCUT2D eigenvalue weighted by molar-refractivity contribution is 0.399. The van der Waals surface area contributed by atoms with Gasteiger partial charge in [-0.25, -0.2) is 0 Å². The minimum absolute atomic E-state index is 0.752. The average Bonchev–Trinajstić information content (AvgIpc) is 2.51. The lowest BCUT2D eigenvalue weighted by Gasteiger charge is -2.28. The predicted octanol–water partition coefficient (Wildman–Crippen LogP) is 2.94. The molecule has 0 saturated carbocycles. The van der Waals surface area contributed by atoms with Gasteiger partial charge in [0.05, 0.1) is 0 Å². The molecule has 1 aliphatic carbocycles. The summed E-state index contributed by atoms with van der Waals surface area (Å²) in [6.45, 7) is 5.75. The Balaban J connectivity index is 2.30. The van der Waals surface area contributed by atoms with E-state index in [9.17, 15) is 0 Å². The van der Waals surface area contributed by atoms with Crippen molar-refractivity contribution in [2.24, 2.45) is 5.92 Å². The third-order valence-electron chi connectivity index (χ3n) is 3.28. The maximum Gasteiger partial charge on any atom is 0.0126 e.